The van der Waals surface area contributed by atoms with Crippen LogP contribution in [0.3, 0.4) is 0 Å². The molecule has 0 aliphatic carbocycles. The van der Waals surface area contributed by atoms with E-state index in [-0.39, 0.29) is 5.75 Å². The van der Waals surface area contributed by atoms with Crippen LogP contribution in [0, 0.1) is 7.14 Å². The number of rotatable bonds is 1. The van der Waals surface area contributed by atoms with Gasteiger partial charge in [-0.25, -0.2) is 0 Å². The van der Waals surface area contributed by atoms with Crippen molar-refractivity contribution in [3.05, 3.63) is 24.8 Å². The van der Waals surface area contributed by atoms with Crippen molar-refractivity contribution in [3.63, 3.8) is 0 Å². The van der Waals surface area contributed by atoms with Crippen molar-refractivity contribution in [2.24, 2.45) is 0 Å². The maximum absolute atomic E-state index is 9.38. The number of phenols is 1. The molecule has 1 rings (SSSR count). The standard InChI is InChI=1S/C7H5ClI2O/c8-3-5-6(10)1-4(9)2-7(5)11/h1-2,11H,3H2. The van der Waals surface area contributed by atoms with Crippen molar-refractivity contribution in [2.45, 2.75) is 5.88 Å². The molecule has 60 valence electrons. The summed E-state index contributed by atoms with van der Waals surface area (Å²) in [6, 6.07) is 3.69. The Morgan fingerprint density at radius 2 is 2.00 bits per heavy atom. The van der Waals surface area contributed by atoms with Crippen molar-refractivity contribution < 1.29 is 5.11 Å². The summed E-state index contributed by atoms with van der Waals surface area (Å²) in [5.74, 6) is 0.650. The Hall–Kier alpha value is 0.770. The van der Waals surface area contributed by atoms with Crippen molar-refractivity contribution in [2.75, 3.05) is 0 Å². The van der Waals surface area contributed by atoms with Gasteiger partial charge in [-0.1, -0.05) is 0 Å². The monoisotopic (exact) mass is 394 g/mol. The lowest BCUT2D eigenvalue weighted by atomic mass is 10.2. The van der Waals surface area contributed by atoms with Gasteiger partial charge in [-0.05, 0) is 57.3 Å². The third-order valence-electron chi connectivity index (χ3n) is 1.27. The van der Waals surface area contributed by atoms with Crippen LogP contribution in [-0.2, 0) is 5.88 Å². The van der Waals surface area contributed by atoms with Gasteiger partial charge in [0.05, 0.1) is 5.88 Å². The molecule has 4 heteroatoms. The van der Waals surface area contributed by atoms with E-state index in [0.29, 0.717) is 5.88 Å². The molecule has 1 N–H and O–H groups in total. The number of aromatic hydroxyl groups is 1. The third kappa shape index (κ3) is 2.35. The largest absolute Gasteiger partial charge is 0.508 e. The Bertz CT molecular complexity index is 252. The summed E-state index contributed by atoms with van der Waals surface area (Å²) in [6.07, 6.45) is 0. The predicted octanol–water partition coefficient (Wildman–Crippen LogP) is 3.34. The minimum Gasteiger partial charge on any atom is -0.508 e. The van der Waals surface area contributed by atoms with Gasteiger partial charge in [0.25, 0.3) is 0 Å². The van der Waals surface area contributed by atoms with E-state index in [4.69, 9.17) is 11.6 Å². The summed E-state index contributed by atoms with van der Waals surface area (Å²) in [6.45, 7) is 0. The fraction of sp³-hybridized carbons (Fsp3) is 0.143. The summed E-state index contributed by atoms with van der Waals surface area (Å²) in [4.78, 5) is 0. The van der Waals surface area contributed by atoms with Crippen molar-refractivity contribution >= 4 is 56.8 Å². The van der Waals surface area contributed by atoms with Crippen LogP contribution in [0.2, 0.25) is 0 Å². The van der Waals surface area contributed by atoms with Gasteiger partial charge >= 0.3 is 0 Å². The number of halogens is 3. The van der Waals surface area contributed by atoms with E-state index in [0.717, 1.165) is 12.7 Å². The first-order valence-electron chi connectivity index (χ1n) is 2.88. The Balaban J connectivity index is 3.25. The van der Waals surface area contributed by atoms with E-state index in [2.05, 4.69) is 45.2 Å². The lowest BCUT2D eigenvalue weighted by molar-refractivity contribution is 0.469. The maximum atomic E-state index is 9.38. The van der Waals surface area contributed by atoms with Gasteiger partial charge in [-0.15, -0.1) is 11.6 Å². The predicted molar refractivity (Wildman–Crippen MR) is 63.1 cm³/mol. The second-order valence-electron chi connectivity index (χ2n) is 2.02. The minimum absolute atomic E-state index is 0.288. The lowest BCUT2D eigenvalue weighted by Gasteiger charge is -2.03. The van der Waals surface area contributed by atoms with E-state index < -0.39 is 0 Å². The third-order valence-corrected chi connectivity index (χ3v) is 3.12. The Kier molecular flexibility index (Phi) is 3.70. The van der Waals surface area contributed by atoms with Crippen molar-refractivity contribution in [3.8, 4) is 5.75 Å². The van der Waals surface area contributed by atoms with E-state index in [1.54, 1.807) is 6.07 Å². The van der Waals surface area contributed by atoms with E-state index in [1.165, 1.54) is 0 Å². The van der Waals surface area contributed by atoms with Gasteiger partial charge in [0.1, 0.15) is 5.75 Å². The fourth-order valence-corrected chi connectivity index (χ4v) is 3.23. The van der Waals surface area contributed by atoms with E-state index >= 15 is 0 Å². The first-order valence-corrected chi connectivity index (χ1v) is 5.57. The van der Waals surface area contributed by atoms with Crippen molar-refractivity contribution in [1.82, 2.24) is 0 Å². The second kappa shape index (κ2) is 4.13. The average Bonchev–Trinajstić information content (AvgIpc) is 1.85. The molecule has 0 radical (unpaired) electrons. The highest BCUT2D eigenvalue weighted by atomic mass is 127. The SMILES string of the molecule is Oc1cc(I)cc(I)c1CCl. The minimum atomic E-state index is 0.288. The van der Waals surface area contributed by atoms with Gasteiger partial charge in [-0.3, -0.25) is 0 Å². The molecule has 0 aromatic heterocycles. The van der Waals surface area contributed by atoms with Crippen LogP contribution in [0.15, 0.2) is 12.1 Å². The number of alkyl halides is 1. The summed E-state index contributed by atoms with van der Waals surface area (Å²) in [5.41, 5.74) is 0.813. The van der Waals surface area contributed by atoms with E-state index in [1.807, 2.05) is 6.07 Å². The first kappa shape index (κ1) is 9.85. The average molecular weight is 394 g/mol. The molecule has 0 aliphatic rings. The number of phenolic OH excluding ortho intramolecular Hbond substituents is 1. The molecule has 0 atom stereocenters. The molecule has 0 saturated carbocycles. The second-order valence-corrected chi connectivity index (χ2v) is 4.69. The molecule has 0 fully saturated rings. The van der Waals surface area contributed by atoms with Gasteiger partial charge in [-0.2, -0.15) is 0 Å². The molecule has 11 heavy (non-hydrogen) atoms. The highest BCUT2D eigenvalue weighted by molar-refractivity contribution is 14.1. The highest BCUT2D eigenvalue weighted by Gasteiger charge is 2.05. The summed E-state index contributed by atoms with van der Waals surface area (Å²) >= 11 is 9.94. The van der Waals surface area contributed by atoms with Crippen LogP contribution in [0.4, 0.5) is 0 Å². The Morgan fingerprint density at radius 1 is 1.36 bits per heavy atom. The van der Waals surface area contributed by atoms with Crippen LogP contribution in [-0.4, -0.2) is 5.11 Å². The number of hydrogen-bond donors (Lipinski definition) is 1. The summed E-state index contributed by atoms with van der Waals surface area (Å²) in [7, 11) is 0. The number of benzene rings is 1. The molecule has 0 amide bonds. The summed E-state index contributed by atoms with van der Waals surface area (Å²) < 4.78 is 2.04. The molecular formula is C7H5ClI2O. The van der Waals surface area contributed by atoms with Gasteiger partial charge in [0, 0.05) is 12.7 Å². The first-order chi connectivity index (χ1) is 5.15. The van der Waals surface area contributed by atoms with Gasteiger partial charge in [0.15, 0.2) is 0 Å². The molecule has 0 spiro atoms. The number of hydrogen-bond acceptors (Lipinski definition) is 1. The van der Waals surface area contributed by atoms with Crippen LogP contribution in [0.1, 0.15) is 5.56 Å². The molecule has 0 unspecified atom stereocenters. The smallest absolute Gasteiger partial charge is 0.122 e. The molecule has 0 saturated heterocycles. The molecule has 1 aromatic rings. The van der Waals surface area contributed by atoms with Crippen LogP contribution in [0.5, 0.6) is 5.75 Å². The zero-order chi connectivity index (χ0) is 8.43. The zero-order valence-electron chi connectivity index (χ0n) is 5.44. The van der Waals surface area contributed by atoms with Gasteiger partial charge in [0.2, 0.25) is 0 Å². The Labute approximate surface area is 97.4 Å². The molecule has 0 heterocycles. The topological polar surface area (TPSA) is 20.2 Å². The quantitative estimate of drug-likeness (QED) is 0.572. The fourth-order valence-electron chi connectivity index (χ4n) is 0.722. The normalized spacial score (nSPS) is 10.1. The van der Waals surface area contributed by atoms with Crippen molar-refractivity contribution in [1.29, 1.82) is 0 Å². The van der Waals surface area contributed by atoms with Crippen LogP contribution < -0.4 is 0 Å². The molecule has 0 bridgehead atoms. The zero-order valence-corrected chi connectivity index (χ0v) is 10.5. The Morgan fingerprint density at radius 3 is 2.45 bits per heavy atom. The molecule has 1 aromatic carbocycles. The molecule has 1 nitrogen and oxygen atoms in total. The van der Waals surface area contributed by atoms with Gasteiger partial charge < -0.3 is 5.11 Å². The van der Waals surface area contributed by atoms with E-state index in [9.17, 15) is 5.11 Å². The highest BCUT2D eigenvalue weighted by Crippen LogP contribution is 2.27. The molecular weight excluding hydrogens is 389 g/mol. The van der Waals surface area contributed by atoms with Crippen LogP contribution in [0.25, 0.3) is 0 Å². The lowest BCUT2D eigenvalue weighted by Crippen LogP contribution is -1.86. The molecule has 0 aliphatic heterocycles. The van der Waals surface area contributed by atoms with Crippen LogP contribution >= 0.6 is 56.8 Å². The maximum Gasteiger partial charge on any atom is 0.122 e. The summed E-state index contributed by atoms with van der Waals surface area (Å²) in [5, 5.41) is 9.38.